The fourth-order valence-electron chi connectivity index (χ4n) is 4.02. The lowest BCUT2D eigenvalue weighted by Crippen LogP contribution is -2.44. The summed E-state index contributed by atoms with van der Waals surface area (Å²) < 4.78 is 1.82. The second kappa shape index (κ2) is 10.4. The molecule has 1 aromatic rings. The molecule has 0 aromatic carbocycles. The van der Waals surface area contributed by atoms with E-state index >= 15 is 0 Å². The van der Waals surface area contributed by atoms with Crippen LogP contribution in [0.3, 0.4) is 0 Å². The average Bonchev–Trinajstić information content (AvgIpc) is 3.16. The second-order valence-corrected chi connectivity index (χ2v) is 9.95. The number of likely N-dealkylation sites (tertiary alicyclic amines) is 1. The quantitative estimate of drug-likeness (QED) is 0.685. The van der Waals surface area contributed by atoms with Crippen LogP contribution >= 0.6 is 0 Å². The van der Waals surface area contributed by atoms with Gasteiger partial charge in [-0.2, -0.15) is 0 Å². The molecule has 1 aliphatic heterocycles. The third-order valence-corrected chi connectivity index (χ3v) is 5.79. The van der Waals surface area contributed by atoms with Gasteiger partial charge in [0.05, 0.1) is 0 Å². The van der Waals surface area contributed by atoms with Crippen molar-refractivity contribution >= 4 is 11.8 Å². The van der Waals surface area contributed by atoms with Crippen LogP contribution in [0, 0.1) is 5.92 Å². The summed E-state index contributed by atoms with van der Waals surface area (Å²) in [5.41, 5.74) is -0.841. The molecule has 1 aliphatic rings. The van der Waals surface area contributed by atoms with E-state index in [9.17, 15) is 14.4 Å². The van der Waals surface area contributed by atoms with Crippen LogP contribution in [-0.2, 0) is 6.54 Å². The predicted octanol–water partition coefficient (Wildman–Crippen LogP) is 2.98. The fourth-order valence-corrected chi connectivity index (χ4v) is 4.02. The fraction of sp³-hybridized carbons (Fsp3) is 0.708. The van der Waals surface area contributed by atoms with Gasteiger partial charge in [0.1, 0.15) is 11.1 Å². The molecule has 1 aromatic heterocycles. The highest BCUT2D eigenvalue weighted by atomic mass is 16.2. The second-order valence-electron chi connectivity index (χ2n) is 9.95. The smallest absolute Gasteiger partial charge is 0.259 e. The summed E-state index contributed by atoms with van der Waals surface area (Å²) in [7, 11) is 0. The van der Waals surface area contributed by atoms with Crippen molar-refractivity contribution < 1.29 is 9.59 Å². The van der Waals surface area contributed by atoms with E-state index in [0.717, 1.165) is 25.9 Å². The van der Waals surface area contributed by atoms with Crippen LogP contribution in [-0.4, -0.2) is 63.9 Å². The van der Waals surface area contributed by atoms with Crippen molar-refractivity contribution in [2.75, 3.05) is 26.2 Å². The molecule has 0 radical (unpaired) electrons. The molecule has 7 heteroatoms. The normalized spacial score (nSPS) is 16.9. The standard InChI is InChI=1S/C24H40N4O3/c1-8-27(9-2)18-11-13-28(14-18)23(31)20-16-26(12-10-17(3)4)15-19(21(20)29)22(30)25-24(5,6)7/h15-18H,8-14H2,1-7H3,(H,25,30)/t18-/m0/s1. The van der Waals surface area contributed by atoms with Crippen molar-refractivity contribution in [1.82, 2.24) is 19.7 Å². The number of pyridine rings is 1. The van der Waals surface area contributed by atoms with E-state index in [2.05, 4.69) is 37.9 Å². The van der Waals surface area contributed by atoms with Crippen molar-refractivity contribution in [1.29, 1.82) is 0 Å². The average molecular weight is 433 g/mol. The largest absolute Gasteiger partial charge is 0.352 e. The number of nitrogens with one attached hydrogen (secondary N) is 1. The van der Waals surface area contributed by atoms with Crippen LogP contribution in [0.1, 0.15) is 82.0 Å². The van der Waals surface area contributed by atoms with Crippen molar-refractivity contribution in [3.05, 3.63) is 33.7 Å². The highest BCUT2D eigenvalue weighted by molar-refractivity contribution is 5.99. The number of nitrogens with zero attached hydrogens (tertiary/aromatic N) is 3. The van der Waals surface area contributed by atoms with Crippen LogP contribution < -0.4 is 10.7 Å². The molecule has 1 fully saturated rings. The summed E-state index contributed by atoms with van der Waals surface area (Å²) in [6.45, 7) is 17.9. The van der Waals surface area contributed by atoms with E-state index in [1.54, 1.807) is 17.3 Å². The van der Waals surface area contributed by atoms with E-state index in [0.29, 0.717) is 31.6 Å². The Balaban J connectivity index is 2.37. The first-order valence-electron chi connectivity index (χ1n) is 11.6. The van der Waals surface area contributed by atoms with Gasteiger partial charge in [0, 0.05) is 43.6 Å². The predicted molar refractivity (Wildman–Crippen MR) is 125 cm³/mol. The zero-order valence-corrected chi connectivity index (χ0v) is 20.3. The molecular weight excluding hydrogens is 392 g/mol. The Bertz CT molecular complexity index is 834. The van der Waals surface area contributed by atoms with E-state index < -0.39 is 16.9 Å². The molecule has 174 valence electrons. The minimum Gasteiger partial charge on any atom is -0.352 e. The Morgan fingerprint density at radius 3 is 2.32 bits per heavy atom. The van der Waals surface area contributed by atoms with Gasteiger partial charge in [0.25, 0.3) is 11.8 Å². The minimum atomic E-state index is -0.487. The molecular formula is C24H40N4O3. The van der Waals surface area contributed by atoms with Gasteiger partial charge in [0.15, 0.2) is 0 Å². The Hall–Kier alpha value is -2.15. The molecule has 1 saturated heterocycles. The van der Waals surface area contributed by atoms with Gasteiger partial charge in [-0.25, -0.2) is 0 Å². The lowest BCUT2D eigenvalue weighted by molar-refractivity contribution is 0.0775. The monoisotopic (exact) mass is 432 g/mol. The number of carbonyl (C=O) groups is 2. The first-order valence-corrected chi connectivity index (χ1v) is 11.6. The van der Waals surface area contributed by atoms with E-state index in [1.165, 1.54) is 0 Å². The molecule has 31 heavy (non-hydrogen) atoms. The number of hydrogen-bond acceptors (Lipinski definition) is 4. The maximum absolute atomic E-state index is 13.3. The van der Waals surface area contributed by atoms with Gasteiger partial charge >= 0.3 is 0 Å². The van der Waals surface area contributed by atoms with Gasteiger partial charge in [-0.1, -0.05) is 27.7 Å². The summed E-state index contributed by atoms with van der Waals surface area (Å²) in [6.07, 6.45) is 5.01. The number of likely N-dealkylation sites (N-methyl/N-ethyl adjacent to an activating group) is 1. The maximum atomic E-state index is 13.3. The topological polar surface area (TPSA) is 74.7 Å². The molecule has 0 saturated carbocycles. The lowest BCUT2D eigenvalue weighted by Gasteiger charge is -2.26. The zero-order chi connectivity index (χ0) is 23.3. The minimum absolute atomic E-state index is 0.0315. The van der Waals surface area contributed by atoms with Crippen molar-refractivity contribution in [3.8, 4) is 0 Å². The third kappa shape index (κ3) is 6.66. The molecule has 0 bridgehead atoms. The molecule has 2 amide bonds. The van der Waals surface area contributed by atoms with E-state index in [4.69, 9.17) is 0 Å². The number of rotatable bonds is 8. The van der Waals surface area contributed by atoms with Crippen LogP contribution in [0.25, 0.3) is 0 Å². The summed E-state index contributed by atoms with van der Waals surface area (Å²) in [6, 6.07) is 0.314. The van der Waals surface area contributed by atoms with Gasteiger partial charge in [-0.05, 0) is 52.6 Å². The van der Waals surface area contributed by atoms with Crippen LogP contribution in [0.15, 0.2) is 17.2 Å². The van der Waals surface area contributed by atoms with Gasteiger partial charge < -0.3 is 14.8 Å². The summed E-state index contributed by atoms with van der Waals surface area (Å²) >= 11 is 0. The number of aromatic nitrogens is 1. The Morgan fingerprint density at radius 2 is 1.77 bits per heavy atom. The molecule has 0 aliphatic carbocycles. The Labute approximate surface area is 186 Å². The number of amides is 2. The molecule has 2 heterocycles. The van der Waals surface area contributed by atoms with E-state index in [1.807, 2.05) is 25.3 Å². The SMILES string of the molecule is CCN(CC)[C@H]1CCN(C(=O)c2cn(CCC(C)C)cc(C(=O)NC(C)(C)C)c2=O)C1. The van der Waals surface area contributed by atoms with Crippen LogP contribution in [0.5, 0.6) is 0 Å². The molecule has 7 nitrogen and oxygen atoms in total. The van der Waals surface area contributed by atoms with Crippen molar-refractivity contribution in [3.63, 3.8) is 0 Å². The molecule has 0 spiro atoms. The molecule has 1 atom stereocenters. The van der Waals surface area contributed by atoms with Gasteiger partial charge in [0.2, 0.25) is 5.43 Å². The zero-order valence-electron chi connectivity index (χ0n) is 20.3. The molecule has 2 rings (SSSR count). The third-order valence-electron chi connectivity index (χ3n) is 5.79. The first-order chi connectivity index (χ1) is 14.5. The number of carbonyl (C=O) groups excluding carboxylic acids is 2. The van der Waals surface area contributed by atoms with Crippen LogP contribution in [0.2, 0.25) is 0 Å². The molecule has 0 unspecified atom stereocenters. The highest BCUT2D eigenvalue weighted by Crippen LogP contribution is 2.18. The summed E-state index contributed by atoms with van der Waals surface area (Å²) in [5.74, 6) is -0.241. The first kappa shape index (κ1) is 25.1. The highest BCUT2D eigenvalue weighted by Gasteiger charge is 2.32. The maximum Gasteiger partial charge on any atom is 0.259 e. The van der Waals surface area contributed by atoms with Crippen molar-refractivity contribution in [2.45, 2.75) is 79.4 Å². The molecule has 1 N–H and O–H groups in total. The Morgan fingerprint density at radius 1 is 1.16 bits per heavy atom. The van der Waals surface area contributed by atoms with E-state index in [-0.39, 0.29) is 17.0 Å². The number of aryl methyl sites for hydroxylation is 1. The Kier molecular flexibility index (Phi) is 8.46. The summed E-state index contributed by atoms with van der Waals surface area (Å²) in [5, 5.41) is 2.86. The lowest BCUT2D eigenvalue weighted by atomic mass is 10.1. The van der Waals surface area contributed by atoms with Crippen molar-refractivity contribution in [2.24, 2.45) is 5.92 Å². The number of hydrogen-bond donors (Lipinski definition) is 1. The van der Waals surface area contributed by atoms with Crippen LogP contribution in [0.4, 0.5) is 0 Å². The van der Waals surface area contributed by atoms with Gasteiger partial charge in [-0.3, -0.25) is 19.3 Å². The summed E-state index contributed by atoms with van der Waals surface area (Å²) in [4.78, 5) is 43.4. The van der Waals surface area contributed by atoms with Gasteiger partial charge in [-0.15, -0.1) is 0 Å².